The number of halogens is 1. The number of hydrogen-bond donors (Lipinski definition) is 3. The molecule has 1 amide bonds. The predicted molar refractivity (Wildman–Crippen MR) is 103 cm³/mol. The maximum atomic E-state index is 12.9. The fourth-order valence-electron chi connectivity index (χ4n) is 3.41. The molecule has 0 aliphatic carbocycles. The highest BCUT2D eigenvalue weighted by molar-refractivity contribution is 6.30. The van der Waals surface area contributed by atoms with Crippen molar-refractivity contribution in [2.75, 3.05) is 0 Å². The molecule has 1 atom stereocenters. The lowest BCUT2D eigenvalue weighted by Crippen LogP contribution is -2.49. The van der Waals surface area contributed by atoms with Crippen molar-refractivity contribution < 1.29 is 14.3 Å². The molecule has 8 heteroatoms. The van der Waals surface area contributed by atoms with Gasteiger partial charge in [-0.05, 0) is 29.8 Å². The zero-order valence-electron chi connectivity index (χ0n) is 15.2. The van der Waals surface area contributed by atoms with Crippen molar-refractivity contribution in [1.82, 2.24) is 20.2 Å². The van der Waals surface area contributed by atoms with Gasteiger partial charge in [-0.3, -0.25) is 9.69 Å². The molecule has 0 spiro atoms. The molecule has 0 saturated carbocycles. The number of carbonyl (C=O) groups excluding carboxylic acids is 1. The number of aliphatic hydroxyl groups is 1. The van der Waals surface area contributed by atoms with E-state index in [4.69, 9.17) is 16.0 Å². The average Bonchev–Trinajstić information content (AvgIpc) is 3.35. The third-order valence-electron chi connectivity index (χ3n) is 4.91. The minimum Gasteiger partial charge on any atom is -0.462 e. The summed E-state index contributed by atoms with van der Waals surface area (Å²) in [5.74, 6) is 1.16. The second-order valence-corrected chi connectivity index (χ2v) is 7.26. The van der Waals surface area contributed by atoms with Crippen molar-refractivity contribution in [3.63, 3.8) is 0 Å². The minimum absolute atomic E-state index is 0.0578. The lowest BCUT2D eigenvalue weighted by molar-refractivity contribution is -0.127. The molecule has 3 heterocycles. The topological polar surface area (TPSA) is 94.4 Å². The van der Waals surface area contributed by atoms with Gasteiger partial charge in [-0.15, -0.1) is 0 Å². The fourth-order valence-corrected chi connectivity index (χ4v) is 3.54. The molecule has 3 aromatic rings. The van der Waals surface area contributed by atoms with Crippen LogP contribution in [0.5, 0.6) is 0 Å². The highest BCUT2D eigenvalue weighted by Gasteiger charge is 2.33. The summed E-state index contributed by atoms with van der Waals surface area (Å²) in [5.41, 5.74) is 2.91. The highest BCUT2D eigenvalue weighted by Crippen LogP contribution is 2.24. The normalized spacial score (nSPS) is 16.7. The maximum absolute atomic E-state index is 12.9. The maximum Gasteiger partial charge on any atom is 0.238 e. The van der Waals surface area contributed by atoms with Crippen LogP contribution < -0.4 is 5.32 Å². The Morgan fingerprint density at radius 3 is 2.82 bits per heavy atom. The number of fused-ring (bicyclic) bond motifs is 1. The molecular formula is C20H21ClN4O3. The second-order valence-electron chi connectivity index (χ2n) is 6.82. The number of H-pyrrole nitrogens is 1. The Morgan fingerprint density at radius 2 is 2.07 bits per heavy atom. The monoisotopic (exact) mass is 400 g/mol. The smallest absolute Gasteiger partial charge is 0.238 e. The van der Waals surface area contributed by atoms with Gasteiger partial charge in [0, 0.05) is 24.5 Å². The lowest BCUT2D eigenvalue weighted by atomic mass is 10.0. The molecule has 1 aliphatic rings. The number of nitrogens with one attached hydrogen (secondary N) is 2. The summed E-state index contributed by atoms with van der Waals surface area (Å²) in [6.07, 6.45) is 2.19. The molecule has 146 valence electrons. The summed E-state index contributed by atoms with van der Waals surface area (Å²) in [7, 11) is 0. The SMILES string of the molecule is O=C(NCc1ccc(Cl)cc1)C1Cc2nc[nH]c2CN1Cc1ccc(CO)o1. The van der Waals surface area contributed by atoms with Crippen LogP contribution >= 0.6 is 11.6 Å². The van der Waals surface area contributed by atoms with Crippen molar-refractivity contribution >= 4 is 17.5 Å². The Bertz CT molecular complexity index is 951. The van der Waals surface area contributed by atoms with Gasteiger partial charge < -0.3 is 19.8 Å². The van der Waals surface area contributed by atoms with Crippen molar-refractivity contribution in [2.24, 2.45) is 0 Å². The fraction of sp³-hybridized carbons (Fsp3) is 0.300. The number of amides is 1. The number of aliphatic hydroxyl groups excluding tert-OH is 1. The first-order chi connectivity index (χ1) is 13.6. The summed E-state index contributed by atoms with van der Waals surface area (Å²) in [4.78, 5) is 22.5. The predicted octanol–water partition coefficient (Wildman–Crippen LogP) is 2.39. The molecule has 0 radical (unpaired) electrons. The summed E-state index contributed by atoms with van der Waals surface area (Å²) < 4.78 is 5.61. The van der Waals surface area contributed by atoms with Crippen LogP contribution in [-0.2, 0) is 37.5 Å². The Hall–Kier alpha value is -2.61. The molecule has 1 aliphatic heterocycles. The van der Waals surface area contributed by atoms with Gasteiger partial charge in [-0.1, -0.05) is 23.7 Å². The second kappa shape index (κ2) is 8.18. The van der Waals surface area contributed by atoms with E-state index in [1.54, 1.807) is 12.4 Å². The first kappa shape index (κ1) is 18.7. The van der Waals surface area contributed by atoms with E-state index in [0.717, 1.165) is 17.0 Å². The molecule has 0 bridgehead atoms. The zero-order valence-corrected chi connectivity index (χ0v) is 15.9. The van der Waals surface area contributed by atoms with Gasteiger partial charge in [-0.25, -0.2) is 4.98 Å². The van der Waals surface area contributed by atoms with Crippen LogP contribution in [0.3, 0.4) is 0 Å². The van der Waals surface area contributed by atoms with Crippen LogP contribution in [0.1, 0.15) is 28.5 Å². The Balaban J connectivity index is 1.48. The summed E-state index contributed by atoms with van der Waals surface area (Å²) in [6.45, 7) is 1.33. The number of benzene rings is 1. The number of aromatic nitrogens is 2. The van der Waals surface area contributed by atoms with Gasteiger partial charge in [0.25, 0.3) is 0 Å². The molecule has 1 aromatic carbocycles. The van der Waals surface area contributed by atoms with Gasteiger partial charge in [0.1, 0.15) is 18.1 Å². The molecule has 1 unspecified atom stereocenters. The molecular weight excluding hydrogens is 380 g/mol. The lowest BCUT2D eigenvalue weighted by Gasteiger charge is -2.33. The molecule has 0 saturated heterocycles. The number of aromatic amines is 1. The van der Waals surface area contributed by atoms with Gasteiger partial charge >= 0.3 is 0 Å². The average molecular weight is 401 g/mol. The van der Waals surface area contributed by atoms with E-state index in [2.05, 4.69) is 20.2 Å². The van der Waals surface area contributed by atoms with Crippen LogP contribution in [0.2, 0.25) is 5.02 Å². The van der Waals surface area contributed by atoms with Crippen LogP contribution in [-0.4, -0.2) is 31.9 Å². The number of rotatable bonds is 6. The molecule has 2 aromatic heterocycles. The first-order valence-electron chi connectivity index (χ1n) is 9.08. The van der Waals surface area contributed by atoms with Crippen LogP contribution in [0.4, 0.5) is 0 Å². The standard InChI is InChI=1S/C20H21ClN4O3/c21-14-3-1-13(2-4-14)8-22-20(27)19-7-17-18(24-12-23-17)10-25(19)9-15-5-6-16(11-26)28-15/h1-6,12,19,26H,7-11H2,(H,22,27)(H,23,24). The third-order valence-corrected chi connectivity index (χ3v) is 5.16. The molecule has 7 nitrogen and oxygen atoms in total. The molecule has 0 fully saturated rings. The number of furan rings is 1. The van der Waals surface area contributed by atoms with E-state index in [-0.39, 0.29) is 18.6 Å². The largest absolute Gasteiger partial charge is 0.462 e. The Morgan fingerprint density at radius 1 is 1.29 bits per heavy atom. The summed E-state index contributed by atoms with van der Waals surface area (Å²) in [5, 5.41) is 12.9. The minimum atomic E-state index is -0.356. The van der Waals surface area contributed by atoms with E-state index in [1.807, 2.05) is 30.3 Å². The number of nitrogens with zero attached hydrogens (tertiary/aromatic N) is 2. The van der Waals surface area contributed by atoms with Crippen molar-refractivity contribution in [2.45, 2.75) is 38.7 Å². The van der Waals surface area contributed by atoms with E-state index < -0.39 is 0 Å². The molecule has 4 rings (SSSR count). The third kappa shape index (κ3) is 4.11. The van der Waals surface area contributed by atoms with E-state index in [1.165, 1.54) is 0 Å². The summed E-state index contributed by atoms with van der Waals surface area (Å²) in [6, 6.07) is 10.6. The van der Waals surface area contributed by atoms with Gasteiger partial charge in [-0.2, -0.15) is 0 Å². The van der Waals surface area contributed by atoms with Crippen LogP contribution in [0.25, 0.3) is 0 Å². The number of carbonyl (C=O) groups is 1. The highest BCUT2D eigenvalue weighted by atomic mass is 35.5. The first-order valence-corrected chi connectivity index (χ1v) is 9.46. The van der Waals surface area contributed by atoms with Crippen molar-refractivity contribution in [3.05, 3.63) is 76.2 Å². The zero-order chi connectivity index (χ0) is 19.5. The van der Waals surface area contributed by atoms with Crippen LogP contribution in [0, 0.1) is 0 Å². The molecule has 28 heavy (non-hydrogen) atoms. The van der Waals surface area contributed by atoms with E-state index in [9.17, 15) is 9.90 Å². The quantitative estimate of drug-likeness (QED) is 0.590. The van der Waals surface area contributed by atoms with Gasteiger partial charge in [0.05, 0.1) is 30.3 Å². The Kier molecular flexibility index (Phi) is 5.47. The van der Waals surface area contributed by atoms with E-state index >= 15 is 0 Å². The number of imidazole rings is 1. The Labute approximate surface area is 167 Å². The van der Waals surface area contributed by atoms with Gasteiger partial charge in [0.2, 0.25) is 5.91 Å². The van der Waals surface area contributed by atoms with Crippen LogP contribution in [0.15, 0.2) is 47.1 Å². The van der Waals surface area contributed by atoms with Crippen molar-refractivity contribution in [3.8, 4) is 0 Å². The van der Waals surface area contributed by atoms with Gasteiger partial charge in [0.15, 0.2) is 0 Å². The molecule has 3 N–H and O–H groups in total. The summed E-state index contributed by atoms with van der Waals surface area (Å²) >= 11 is 5.91. The van der Waals surface area contributed by atoms with E-state index in [0.29, 0.717) is 42.6 Å². The number of hydrogen-bond acceptors (Lipinski definition) is 5. The van der Waals surface area contributed by atoms with Crippen molar-refractivity contribution in [1.29, 1.82) is 0 Å².